The molecule has 5 N–H and O–H groups in total. The summed E-state index contributed by atoms with van der Waals surface area (Å²) in [6.07, 6.45) is 1.65. The highest BCUT2D eigenvalue weighted by molar-refractivity contribution is 5.82. The number of quaternary nitrogens is 1. The van der Waals surface area contributed by atoms with E-state index in [1.807, 2.05) is 48.5 Å². The van der Waals surface area contributed by atoms with E-state index in [0.717, 1.165) is 0 Å². The lowest BCUT2D eigenvalue weighted by Gasteiger charge is -2.38. The van der Waals surface area contributed by atoms with Crippen molar-refractivity contribution in [2.45, 2.75) is 92.3 Å². The molecule has 0 radical (unpaired) electrons. The first-order chi connectivity index (χ1) is 16.8. The Morgan fingerprint density at radius 3 is 1.26 bits per heavy atom. The zero-order valence-corrected chi connectivity index (χ0v) is 25.8. The van der Waals surface area contributed by atoms with Gasteiger partial charge in [-0.05, 0) is 74.1 Å². The number of nitrogens with one attached hydrogen (secondary N) is 1. The van der Waals surface area contributed by atoms with Crippen LogP contribution in [0.5, 0.6) is 0 Å². The third kappa shape index (κ3) is 12.5. The van der Waals surface area contributed by atoms with E-state index in [1.54, 1.807) is 30.8 Å². The maximum atomic E-state index is 11.9. The van der Waals surface area contributed by atoms with Crippen molar-refractivity contribution in [1.29, 1.82) is 0 Å². The van der Waals surface area contributed by atoms with Crippen LogP contribution in [0.3, 0.4) is 0 Å². The molecule has 2 fully saturated rings. The van der Waals surface area contributed by atoms with Crippen molar-refractivity contribution in [1.82, 2.24) is 15.1 Å². The fraction of sp³-hybridized carbons (Fsp3) is 0.846. The van der Waals surface area contributed by atoms with Gasteiger partial charge in [0, 0.05) is 38.6 Å². The molecule has 38 heavy (non-hydrogen) atoms. The number of rotatable bonds is 2. The van der Waals surface area contributed by atoms with E-state index in [-0.39, 0.29) is 35.9 Å². The molecule has 0 aromatic carbocycles. The molecule has 0 spiro atoms. The summed E-state index contributed by atoms with van der Waals surface area (Å²) in [5.41, 5.74) is 1.19. The number of hydrogen-bond acceptors (Lipinski definition) is 6. The minimum Gasteiger partial charge on any atom is -1.00 e. The lowest BCUT2D eigenvalue weighted by molar-refractivity contribution is -0.325. The molecule has 0 aromatic rings. The fourth-order valence-electron chi connectivity index (χ4n) is 3.76. The number of carbonyl (C=O) groups excluding carboxylic acids is 3. The summed E-state index contributed by atoms with van der Waals surface area (Å²) in [4.78, 5) is 49.7. The van der Waals surface area contributed by atoms with E-state index in [0.29, 0.717) is 51.9 Å². The van der Waals surface area contributed by atoms with Gasteiger partial charge in [-0.2, -0.15) is 0 Å². The summed E-state index contributed by atoms with van der Waals surface area (Å²) in [6.45, 7) is 16.7. The Hall–Kier alpha value is -2.27. The highest BCUT2D eigenvalue weighted by atomic mass is 35.5. The Balaban J connectivity index is 0. The molecule has 0 atom stereocenters. The quantitative estimate of drug-likeness (QED) is 0.416. The molecular formula is C26H51ClN4O7. The second-order valence-corrected chi connectivity index (χ2v) is 11.9. The largest absolute Gasteiger partial charge is 1.00 e. The van der Waals surface area contributed by atoms with Gasteiger partial charge in [0.05, 0.1) is 12.5 Å². The molecule has 2 rings (SSSR count). The van der Waals surface area contributed by atoms with Crippen molar-refractivity contribution < 1.29 is 51.9 Å². The number of likely N-dealkylation sites (tertiary alicyclic amines) is 2. The van der Waals surface area contributed by atoms with Gasteiger partial charge in [0.1, 0.15) is 11.2 Å². The van der Waals surface area contributed by atoms with E-state index < -0.39 is 22.6 Å². The van der Waals surface area contributed by atoms with E-state index >= 15 is 0 Å². The van der Waals surface area contributed by atoms with Crippen LogP contribution in [0.2, 0.25) is 0 Å². The van der Waals surface area contributed by atoms with Gasteiger partial charge in [-0.15, -0.1) is 0 Å². The lowest BCUT2D eigenvalue weighted by atomic mass is 9.79. The molecule has 3 amide bonds. The first-order valence-electron chi connectivity index (χ1n) is 12.9. The Labute approximate surface area is 234 Å². The van der Waals surface area contributed by atoms with Gasteiger partial charge in [-0.3, -0.25) is 9.59 Å². The number of amides is 3. The number of hydrogen-bond donors (Lipinski definition) is 3. The molecule has 2 aliphatic rings. The Morgan fingerprint density at radius 1 is 0.737 bits per heavy atom. The standard InChI is InChI=1S/C13H24N2O3.C12H21NO4.CH5N.ClH/c1-12(2,3)18-11(17)15-8-6-13(4,7-9-15)10(16)14-5;1-11(2,3)17-10(16)13-7-5-12(4,6-8-13)9(14)15;1-2;/h6-9H2,1-5H3,(H,14,16);5-8H2,1-4H3,(H,14,15);2H2,1H3;1H. The van der Waals surface area contributed by atoms with Crippen LogP contribution >= 0.6 is 0 Å². The topological polar surface area (TPSA) is 153 Å². The average molecular weight is 567 g/mol. The van der Waals surface area contributed by atoms with Crippen LogP contribution in [0, 0.1) is 10.8 Å². The first kappa shape index (κ1) is 37.9. The molecule has 2 aliphatic heterocycles. The van der Waals surface area contributed by atoms with Crippen LogP contribution in [0.4, 0.5) is 9.59 Å². The molecule has 12 heteroatoms. The fourth-order valence-corrected chi connectivity index (χ4v) is 3.76. The molecule has 0 saturated carbocycles. The molecule has 224 valence electrons. The number of nitrogens with zero attached hydrogens (tertiary/aromatic N) is 2. The van der Waals surface area contributed by atoms with E-state index in [2.05, 4.69) is 11.1 Å². The molecule has 0 aliphatic carbocycles. The summed E-state index contributed by atoms with van der Waals surface area (Å²) >= 11 is 0. The molecule has 2 saturated heterocycles. The van der Waals surface area contributed by atoms with Gasteiger partial charge in [0.25, 0.3) is 0 Å². The lowest BCUT2D eigenvalue weighted by Crippen LogP contribution is -3.00. The number of carbonyl (C=O) groups is 4. The first-order valence-corrected chi connectivity index (χ1v) is 12.9. The summed E-state index contributed by atoms with van der Waals surface area (Å²) < 4.78 is 10.6. The van der Waals surface area contributed by atoms with E-state index in [1.165, 1.54) is 0 Å². The van der Waals surface area contributed by atoms with Crippen LogP contribution < -0.4 is 23.5 Å². The van der Waals surface area contributed by atoms with E-state index in [4.69, 9.17) is 14.6 Å². The normalized spacial score (nSPS) is 18.2. The molecule has 0 bridgehead atoms. The summed E-state index contributed by atoms with van der Waals surface area (Å²) in [5, 5.41) is 11.8. The number of carboxylic acids is 1. The number of aliphatic carboxylic acids is 1. The van der Waals surface area contributed by atoms with Gasteiger partial charge in [0.15, 0.2) is 0 Å². The monoisotopic (exact) mass is 566 g/mol. The summed E-state index contributed by atoms with van der Waals surface area (Å²) in [7, 11) is 3.40. The zero-order valence-electron chi connectivity index (χ0n) is 25.0. The van der Waals surface area contributed by atoms with Gasteiger partial charge >= 0.3 is 18.2 Å². The molecule has 11 nitrogen and oxygen atoms in total. The maximum absolute atomic E-state index is 11.9. The predicted molar refractivity (Wildman–Crippen MR) is 141 cm³/mol. The second-order valence-electron chi connectivity index (χ2n) is 11.9. The van der Waals surface area contributed by atoms with Gasteiger partial charge in [-0.25, -0.2) is 9.59 Å². The smallest absolute Gasteiger partial charge is 0.410 e. The van der Waals surface area contributed by atoms with Crippen LogP contribution in [-0.4, -0.2) is 90.4 Å². The maximum Gasteiger partial charge on any atom is 0.410 e. The second kappa shape index (κ2) is 15.4. The van der Waals surface area contributed by atoms with Crippen molar-refractivity contribution in [3.8, 4) is 0 Å². The van der Waals surface area contributed by atoms with Crippen molar-refractivity contribution in [3.05, 3.63) is 0 Å². The average Bonchev–Trinajstić information content (AvgIpc) is 2.78. The summed E-state index contributed by atoms with van der Waals surface area (Å²) in [6, 6.07) is 0. The van der Waals surface area contributed by atoms with Crippen molar-refractivity contribution in [2.75, 3.05) is 40.3 Å². The van der Waals surface area contributed by atoms with Crippen molar-refractivity contribution >= 4 is 24.1 Å². The molecule has 0 unspecified atom stereocenters. The Kier molecular flexibility index (Phi) is 15.3. The summed E-state index contributed by atoms with van der Waals surface area (Å²) in [5.74, 6) is -0.743. The number of carboxylic acid groups (broad SMARTS) is 1. The highest BCUT2D eigenvalue weighted by Gasteiger charge is 2.39. The minimum absolute atomic E-state index is 0. The van der Waals surface area contributed by atoms with Crippen LogP contribution in [-0.2, 0) is 19.1 Å². The van der Waals surface area contributed by atoms with Crippen LogP contribution in [0.15, 0.2) is 0 Å². The number of piperidine rings is 2. The Morgan fingerprint density at radius 2 is 1.03 bits per heavy atom. The minimum atomic E-state index is -0.790. The molecule has 0 aromatic heterocycles. The van der Waals surface area contributed by atoms with Crippen LogP contribution in [0.25, 0.3) is 0 Å². The van der Waals surface area contributed by atoms with Gasteiger partial charge in [0.2, 0.25) is 5.91 Å². The van der Waals surface area contributed by atoms with E-state index in [9.17, 15) is 19.2 Å². The zero-order chi connectivity index (χ0) is 29.2. The SMILES string of the molecule is CC(C)(C)OC(=O)N1CCC(C)(C(=O)O)CC1.CNC(=O)C1(C)CCN(C(=O)OC(C)(C)C)CC1.C[NH3+].[Cl-]. The predicted octanol–water partition coefficient (Wildman–Crippen LogP) is -0.260. The number of halogens is 1. The highest BCUT2D eigenvalue weighted by Crippen LogP contribution is 2.32. The Bertz CT molecular complexity index is 777. The van der Waals surface area contributed by atoms with Gasteiger partial charge in [-0.1, -0.05) is 6.92 Å². The van der Waals surface area contributed by atoms with Crippen LogP contribution in [0.1, 0.15) is 81.1 Å². The number of ether oxygens (including phenoxy) is 2. The third-order valence-corrected chi connectivity index (χ3v) is 6.33. The molecule has 2 heterocycles. The van der Waals surface area contributed by atoms with Gasteiger partial charge < -0.3 is 47.8 Å². The van der Waals surface area contributed by atoms with Crippen molar-refractivity contribution in [3.63, 3.8) is 0 Å². The van der Waals surface area contributed by atoms with Crippen molar-refractivity contribution in [2.24, 2.45) is 10.8 Å². The molecular weight excluding hydrogens is 516 g/mol. The third-order valence-electron chi connectivity index (χ3n) is 6.33.